The van der Waals surface area contributed by atoms with E-state index in [4.69, 9.17) is 20.8 Å². The summed E-state index contributed by atoms with van der Waals surface area (Å²) in [6.45, 7) is 6.77. The molecule has 2 aromatic rings. The van der Waals surface area contributed by atoms with Gasteiger partial charge in [0.2, 0.25) is 0 Å². The summed E-state index contributed by atoms with van der Waals surface area (Å²) in [4.78, 5) is 37.0. The van der Waals surface area contributed by atoms with Crippen LogP contribution in [0.5, 0.6) is 0 Å². The summed E-state index contributed by atoms with van der Waals surface area (Å²) in [7, 11) is 0. The van der Waals surface area contributed by atoms with Crippen LogP contribution in [0.25, 0.3) is 5.69 Å². The highest BCUT2D eigenvalue weighted by Crippen LogP contribution is 2.33. The van der Waals surface area contributed by atoms with E-state index in [1.165, 1.54) is 13.0 Å². The van der Waals surface area contributed by atoms with Crippen molar-refractivity contribution in [1.29, 1.82) is 0 Å². The van der Waals surface area contributed by atoms with Crippen molar-refractivity contribution in [3.63, 3.8) is 0 Å². The number of halogens is 2. The Morgan fingerprint density at radius 2 is 2.04 bits per heavy atom. The molecular formula is C18H19ClFNO5S. The Morgan fingerprint density at radius 1 is 1.37 bits per heavy atom. The lowest BCUT2D eigenvalue weighted by molar-refractivity contribution is -0.142. The number of hydrogen-bond donors (Lipinski definition) is 0. The molecule has 0 saturated carbocycles. The molecule has 0 radical (unpaired) electrons. The Bertz CT molecular complexity index is 985. The number of nitrogens with zero attached hydrogens (tertiary/aromatic N) is 1. The quantitative estimate of drug-likeness (QED) is 0.530. The van der Waals surface area contributed by atoms with Crippen LogP contribution in [-0.4, -0.2) is 22.4 Å². The van der Waals surface area contributed by atoms with Gasteiger partial charge in [0.25, 0.3) is 5.56 Å². The molecule has 0 fully saturated rings. The maximum atomic E-state index is 14.5. The number of hydrogen-bond acceptors (Lipinski definition) is 6. The SMILES string of the molecule is CCOC(=O)C(C)Sc1cc(-n2c(=O)oc(C)c(CC)c2=O)c(F)cc1Cl. The number of carbonyl (C=O) groups excluding carboxylic acids is 1. The first kappa shape index (κ1) is 21.2. The summed E-state index contributed by atoms with van der Waals surface area (Å²) >= 11 is 7.12. The first-order chi connectivity index (χ1) is 12.7. The van der Waals surface area contributed by atoms with Gasteiger partial charge in [-0.1, -0.05) is 18.5 Å². The number of aromatic nitrogens is 1. The van der Waals surface area contributed by atoms with Gasteiger partial charge in [0.05, 0.1) is 22.9 Å². The zero-order chi connectivity index (χ0) is 20.3. The lowest BCUT2D eigenvalue weighted by Gasteiger charge is -2.14. The fourth-order valence-corrected chi connectivity index (χ4v) is 3.67. The molecular weight excluding hydrogens is 397 g/mol. The van der Waals surface area contributed by atoms with E-state index in [-0.39, 0.29) is 28.6 Å². The highest BCUT2D eigenvalue weighted by molar-refractivity contribution is 8.00. The molecule has 146 valence electrons. The summed E-state index contributed by atoms with van der Waals surface area (Å²) in [5.41, 5.74) is -0.661. The van der Waals surface area contributed by atoms with Crippen molar-refractivity contribution in [3.05, 3.63) is 55.2 Å². The van der Waals surface area contributed by atoms with Crippen LogP contribution in [0.1, 0.15) is 32.1 Å². The summed E-state index contributed by atoms with van der Waals surface area (Å²) in [6, 6.07) is 2.25. The molecule has 1 unspecified atom stereocenters. The Balaban J connectivity index is 2.59. The minimum Gasteiger partial charge on any atom is -0.465 e. The van der Waals surface area contributed by atoms with Gasteiger partial charge in [0.15, 0.2) is 0 Å². The highest BCUT2D eigenvalue weighted by atomic mass is 35.5. The van der Waals surface area contributed by atoms with Gasteiger partial charge < -0.3 is 9.15 Å². The average Bonchev–Trinajstić information content (AvgIpc) is 2.58. The van der Waals surface area contributed by atoms with Crippen molar-refractivity contribution >= 4 is 29.3 Å². The van der Waals surface area contributed by atoms with Gasteiger partial charge in [0, 0.05) is 4.90 Å². The third-order valence-corrected chi connectivity index (χ3v) is 5.39. The van der Waals surface area contributed by atoms with Crippen LogP contribution in [0.4, 0.5) is 4.39 Å². The van der Waals surface area contributed by atoms with Gasteiger partial charge in [-0.25, -0.2) is 13.8 Å². The molecule has 1 aromatic heterocycles. The number of thioether (sulfide) groups is 1. The van der Waals surface area contributed by atoms with Crippen molar-refractivity contribution in [3.8, 4) is 5.69 Å². The summed E-state index contributed by atoms with van der Waals surface area (Å²) in [6.07, 6.45) is 0.325. The molecule has 27 heavy (non-hydrogen) atoms. The van der Waals surface area contributed by atoms with Crippen LogP contribution < -0.4 is 11.3 Å². The van der Waals surface area contributed by atoms with E-state index in [1.807, 2.05) is 0 Å². The van der Waals surface area contributed by atoms with Crippen LogP contribution >= 0.6 is 23.4 Å². The Labute approximate surface area is 164 Å². The van der Waals surface area contributed by atoms with Gasteiger partial charge in [-0.2, -0.15) is 0 Å². The minimum atomic E-state index is -0.995. The molecule has 9 heteroatoms. The molecule has 0 spiro atoms. The van der Waals surface area contributed by atoms with Crippen molar-refractivity contribution in [2.45, 2.75) is 44.3 Å². The van der Waals surface area contributed by atoms with E-state index in [0.29, 0.717) is 15.9 Å². The average molecular weight is 416 g/mol. The predicted molar refractivity (Wildman–Crippen MR) is 102 cm³/mol. The van der Waals surface area contributed by atoms with Crippen LogP contribution in [-0.2, 0) is 16.0 Å². The highest BCUT2D eigenvalue weighted by Gasteiger charge is 2.21. The van der Waals surface area contributed by atoms with Gasteiger partial charge >= 0.3 is 11.7 Å². The van der Waals surface area contributed by atoms with Crippen molar-refractivity contribution in [2.75, 3.05) is 6.61 Å². The number of benzene rings is 1. The largest absolute Gasteiger partial charge is 0.465 e. The Morgan fingerprint density at radius 3 is 2.63 bits per heavy atom. The standard InChI is InChI=1S/C18H19ClFNO5S/c1-5-11-9(3)26-18(24)21(16(11)22)14-8-15(12(19)7-13(14)20)27-10(4)17(23)25-6-2/h7-8,10H,5-6H2,1-4H3. The molecule has 0 saturated heterocycles. The van der Waals surface area contributed by atoms with E-state index in [2.05, 4.69) is 0 Å². The fraction of sp³-hybridized carbons (Fsp3) is 0.389. The van der Waals surface area contributed by atoms with Gasteiger partial charge in [-0.15, -0.1) is 11.8 Å². The van der Waals surface area contributed by atoms with E-state index < -0.39 is 28.4 Å². The molecule has 0 aliphatic rings. The third-order valence-electron chi connectivity index (χ3n) is 3.83. The van der Waals surface area contributed by atoms with Crippen LogP contribution in [0.3, 0.4) is 0 Å². The number of esters is 1. The number of rotatable bonds is 6. The smallest absolute Gasteiger partial charge is 0.426 e. The summed E-state index contributed by atoms with van der Waals surface area (Å²) in [5, 5.41) is -0.559. The lowest BCUT2D eigenvalue weighted by atomic mass is 10.2. The number of ether oxygens (including phenoxy) is 1. The summed E-state index contributed by atoms with van der Waals surface area (Å²) < 4.78 is 25.1. The van der Waals surface area contributed by atoms with Crippen LogP contribution in [0, 0.1) is 12.7 Å². The van der Waals surface area contributed by atoms with Crippen molar-refractivity contribution < 1.29 is 18.3 Å². The van der Waals surface area contributed by atoms with E-state index in [1.54, 1.807) is 20.8 Å². The fourth-order valence-electron chi connectivity index (χ4n) is 2.49. The number of carbonyl (C=O) groups is 1. The first-order valence-electron chi connectivity index (χ1n) is 8.29. The van der Waals surface area contributed by atoms with E-state index >= 15 is 0 Å². The molecule has 0 aliphatic carbocycles. The van der Waals surface area contributed by atoms with Crippen LogP contribution in [0.2, 0.25) is 5.02 Å². The molecule has 1 heterocycles. The zero-order valence-electron chi connectivity index (χ0n) is 15.3. The lowest BCUT2D eigenvalue weighted by Crippen LogP contribution is -2.34. The molecule has 1 atom stereocenters. The van der Waals surface area contributed by atoms with E-state index in [9.17, 15) is 18.8 Å². The Kier molecular flexibility index (Phi) is 6.89. The first-order valence-corrected chi connectivity index (χ1v) is 9.55. The molecule has 0 N–H and O–H groups in total. The molecule has 6 nitrogen and oxygen atoms in total. The second-order valence-corrected chi connectivity index (χ2v) is 7.43. The van der Waals surface area contributed by atoms with Crippen molar-refractivity contribution in [2.24, 2.45) is 0 Å². The second kappa shape index (κ2) is 8.75. The molecule has 2 rings (SSSR count). The second-order valence-electron chi connectivity index (χ2n) is 5.64. The minimum absolute atomic E-state index is 0.0534. The third kappa shape index (κ3) is 4.44. The maximum Gasteiger partial charge on any atom is 0.426 e. The van der Waals surface area contributed by atoms with Crippen LogP contribution in [0.15, 0.2) is 31.0 Å². The Hall–Kier alpha value is -2.06. The zero-order valence-corrected chi connectivity index (χ0v) is 16.9. The van der Waals surface area contributed by atoms with Gasteiger partial charge in [-0.3, -0.25) is 9.59 Å². The van der Waals surface area contributed by atoms with Gasteiger partial charge in [-0.05, 0) is 39.3 Å². The molecule has 0 aliphatic heterocycles. The van der Waals surface area contributed by atoms with Gasteiger partial charge in [0.1, 0.15) is 16.8 Å². The van der Waals surface area contributed by atoms with E-state index in [0.717, 1.165) is 17.8 Å². The maximum absolute atomic E-state index is 14.5. The monoisotopic (exact) mass is 415 g/mol. The molecule has 1 aromatic carbocycles. The number of aryl methyl sites for hydroxylation is 1. The molecule has 0 amide bonds. The van der Waals surface area contributed by atoms with Crippen molar-refractivity contribution in [1.82, 2.24) is 4.57 Å². The topological polar surface area (TPSA) is 78.5 Å². The normalized spacial score (nSPS) is 12.1. The summed E-state index contributed by atoms with van der Waals surface area (Å²) in [5.74, 6) is -2.10. The molecule has 0 bridgehead atoms. The predicted octanol–water partition coefficient (Wildman–Crippen LogP) is 3.50.